The molecule has 0 atom stereocenters. The molecule has 0 aliphatic heterocycles. The van der Waals surface area contributed by atoms with E-state index in [9.17, 15) is 4.79 Å². The molecule has 0 unspecified atom stereocenters. The lowest BCUT2D eigenvalue weighted by atomic mass is 9.93. The van der Waals surface area contributed by atoms with Crippen LogP contribution in [0.25, 0.3) is 0 Å². The molecule has 0 saturated carbocycles. The summed E-state index contributed by atoms with van der Waals surface area (Å²) < 4.78 is 0. The highest BCUT2D eigenvalue weighted by molar-refractivity contribution is 6.21. The average Bonchev–Trinajstić information content (AvgIpc) is 2.87. The van der Waals surface area contributed by atoms with Gasteiger partial charge in [0.05, 0.1) is 0 Å². The number of halogens is 1. The van der Waals surface area contributed by atoms with Crippen molar-refractivity contribution in [3.05, 3.63) is 0 Å². The zero-order valence-corrected chi connectivity index (χ0v) is 24.9. The number of rotatable bonds is 29. The van der Waals surface area contributed by atoms with Crippen LogP contribution in [-0.4, -0.2) is 5.91 Å². The van der Waals surface area contributed by atoms with Crippen LogP contribution < -0.4 is 4.84 Å². The van der Waals surface area contributed by atoms with Gasteiger partial charge in [-0.25, -0.2) is 0 Å². The highest BCUT2D eigenvalue weighted by atomic mass is 35.5. The van der Waals surface area contributed by atoms with Crippen LogP contribution in [0, 0.1) is 5.92 Å². The molecule has 0 aromatic rings. The van der Waals surface area contributed by atoms with Crippen LogP contribution in [0.15, 0.2) is 0 Å². The van der Waals surface area contributed by atoms with E-state index in [4.69, 9.17) is 11.8 Å². The van der Waals surface area contributed by atoms with Gasteiger partial charge in [-0.15, -0.1) is 0 Å². The Morgan fingerprint density at radius 2 is 0.686 bits per heavy atom. The maximum absolute atomic E-state index is 12.2. The Balaban J connectivity index is 3.53. The number of carbonyl (C=O) groups is 1. The van der Waals surface area contributed by atoms with Crippen molar-refractivity contribution < 1.29 is 4.79 Å². The van der Waals surface area contributed by atoms with E-state index >= 15 is 0 Å². The van der Waals surface area contributed by atoms with E-state index in [0.29, 0.717) is 0 Å². The van der Waals surface area contributed by atoms with E-state index in [-0.39, 0.29) is 11.8 Å². The van der Waals surface area contributed by atoms with E-state index in [1.807, 2.05) is 0 Å². The first-order chi connectivity index (χ1) is 17.3. The minimum atomic E-state index is 0.0459. The number of unbranched alkanes of at least 4 members (excludes halogenated alkanes) is 24. The third-order valence-electron chi connectivity index (χ3n) is 7.78. The number of carbonyl (C=O) groups excluding carboxylic acids is 1. The summed E-state index contributed by atoms with van der Waals surface area (Å²) >= 11 is 5.66. The van der Waals surface area contributed by atoms with Crippen molar-refractivity contribution in [3.63, 3.8) is 0 Å². The molecule has 0 rings (SSSR count). The molecule has 0 aliphatic rings. The third-order valence-corrected chi connectivity index (χ3v) is 7.96. The van der Waals surface area contributed by atoms with Gasteiger partial charge in [-0.2, -0.15) is 0 Å². The quantitative estimate of drug-likeness (QED) is 0.0781. The van der Waals surface area contributed by atoms with Gasteiger partial charge in [0.15, 0.2) is 0 Å². The van der Waals surface area contributed by atoms with Crippen molar-refractivity contribution in [1.82, 2.24) is 4.84 Å². The van der Waals surface area contributed by atoms with Gasteiger partial charge < -0.3 is 0 Å². The molecule has 2 nitrogen and oxygen atoms in total. The smallest absolute Gasteiger partial charge is 0.237 e. The van der Waals surface area contributed by atoms with Crippen LogP contribution in [0.4, 0.5) is 0 Å². The molecule has 0 aliphatic carbocycles. The number of amides is 1. The molecule has 1 N–H and O–H groups in total. The minimum absolute atomic E-state index is 0.0459. The van der Waals surface area contributed by atoms with Crippen molar-refractivity contribution in [2.24, 2.45) is 5.92 Å². The Kier molecular flexibility index (Phi) is 29.8. The molecule has 0 aromatic carbocycles. The lowest BCUT2D eigenvalue weighted by Crippen LogP contribution is -2.23. The second-order valence-corrected chi connectivity index (χ2v) is 11.4. The van der Waals surface area contributed by atoms with Gasteiger partial charge >= 0.3 is 0 Å². The van der Waals surface area contributed by atoms with Crippen LogP contribution in [0.2, 0.25) is 0 Å². The summed E-state index contributed by atoms with van der Waals surface area (Å²) in [5.41, 5.74) is 0. The molecule has 35 heavy (non-hydrogen) atoms. The Labute approximate surface area is 226 Å². The molecule has 1 amide bonds. The van der Waals surface area contributed by atoms with Gasteiger partial charge in [0.25, 0.3) is 0 Å². The second-order valence-electron chi connectivity index (χ2n) is 11.2. The maximum atomic E-state index is 12.2. The SMILES string of the molecule is CCCCCCCCCCCCCCCC(CCCCCCCCCCCCCCC)C(=O)NCl. The number of hydrogen-bond acceptors (Lipinski definition) is 1. The highest BCUT2D eigenvalue weighted by Gasteiger charge is 2.16. The van der Waals surface area contributed by atoms with Gasteiger partial charge in [0, 0.05) is 17.7 Å². The normalized spacial score (nSPS) is 11.4. The first kappa shape index (κ1) is 34.8. The topological polar surface area (TPSA) is 29.1 Å². The molecule has 0 heterocycles. The molecule has 0 aromatic heterocycles. The molecule has 3 heteroatoms. The summed E-state index contributed by atoms with van der Waals surface area (Å²) in [5.74, 6) is 0.164. The molecular formula is C32H64ClNO. The summed E-state index contributed by atoms with van der Waals surface area (Å²) in [6.07, 6.45) is 37.7. The molecule has 210 valence electrons. The summed E-state index contributed by atoms with van der Waals surface area (Å²) in [6, 6.07) is 0. The van der Waals surface area contributed by atoms with Crippen molar-refractivity contribution >= 4 is 17.7 Å². The number of hydrogen-bond donors (Lipinski definition) is 1. The third kappa shape index (κ3) is 26.6. The zero-order valence-electron chi connectivity index (χ0n) is 24.2. The van der Waals surface area contributed by atoms with Crippen LogP contribution in [0.5, 0.6) is 0 Å². The fraction of sp³-hybridized carbons (Fsp3) is 0.969. The molecule has 0 bridgehead atoms. The van der Waals surface area contributed by atoms with Crippen molar-refractivity contribution in [2.45, 2.75) is 194 Å². The van der Waals surface area contributed by atoms with Gasteiger partial charge in [0.1, 0.15) is 0 Å². The number of nitrogens with one attached hydrogen (secondary N) is 1. The minimum Gasteiger partial charge on any atom is -0.273 e. The van der Waals surface area contributed by atoms with E-state index in [1.54, 1.807) is 0 Å². The summed E-state index contributed by atoms with van der Waals surface area (Å²) in [4.78, 5) is 14.6. The van der Waals surface area contributed by atoms with E-state index in [0.717, 1.165) is 12.8 Å². The summed E-state index contributed by atoms with van der Waals surface area (Å²) in [7, 11) is 0. The van der Waals surface area contributed by atoms with Gasteiger partial charge in [-0.1, -0.05) is 181 Å². The standard InChI is InChI=1S/C32H64ClNO/c1-3-5-7-9-11-13-15-17-19-21-23-25-27-29-31(32(35)34-33)30-28-26-24-22-20-18-16-14-12-10-8-6-4-2/h31H,3-30H2,1-2H3,(H,34,35). The van der Waals surface area contributed by atoms with Crippen molar-refractivity contribution in [2.75, 3.05) is 0 Å². The Morgan fingerprint density at radius 3 is 0.914 bits per heavy atom. The molecule has 0 saturated heterocycles. The zero-order chi connectivity index (χ0) is 25.7. The van der Waals surface area contributed by atoms with Crippen LogP contribution in [0.1, 0.15) is 194 Å². The predicted molar refractivity (Wildman–Crippen MR) is 158 cm³/mol. The summed E-state index contributed by atoms with van der Waals surface area (Å²) in [5, 5.41) is 0. The van der Waals surface area contributed by atoms with Crippen molar-refractivity contribution in [1.29, 1.82) is 0 Å². The van der Waals surface area contributed by atoms with Crippen LogP contribution in [0.3, 0.4) is 0 Å². The van der Waals surface area contributed by atoms with Gasteiger partial charge in [0.2, 0.25) is 5.91 Å². The monoisotopic (exact) mass is 513 g/mol. The fourth-order valence-electron chi connectivity index (χ4n) is 5.30. The lowest BCUT2D eigenvalue weighted by molar-refractivity contribution is -0.123. The van der Waals surface area contributed by atoms with Gasteiger partial charge in [-0.3, -0.25) is 9.63 Å². The molecule has 0 fully saturated rings. The van der Waals surface area contributed by atoms with Crippen LogP contribution in [-0.2, 0) is 4.79 Å². The Bertz CT molecular complexity index is 384. The van der Waals surface area contributed by atoms with Crippen molar-refractivity contribution in [3.8, 4) is 0 Å². The maximum Gasteiger partial charge on any atom is 0.237 e. The lowest BCUT2D eigenvalue weighted by Gasteiger charge is -2.14. The van der Waals surface area contributed by atoms with E-state index in [2.05, 4.69) is 18.7 Å². The highest BCUT2D eigenvalue weighted by Crippen LogP contribution is 2.20. The Hall–Kier alpha value is -0.240. The molecular weight excluding hydrogens is 450 g/mol. The first-order valence-corrected chi connectivity index (χ1v) is 16.5. The summed E-state index contributed by atoms with van der Waals surface area (Å²) in [6.45, 7) is 4.57. The van der Waals surface area contributed by atoms with E-state index in [1.165, 1.54) is 167 Å². The second kappa shape index (κ2) is 30.0. The largest absolute Gasteiger partial charge is 0.273 e. The Morgan fingerprint density at radius 1 is 0.457 bits per heavy atom. The van der Waals surface area contributed by atoms with Gasteiger partial charge in [-0.05, 0) is 12.8 Å². The first-order valence-electron chi connectivity index (χ1n) is 16.2. The molecule has 0 spiro atoms. The van der Waals surface area contributed by atoms with E-state index < -0.39 is 0 Å². The molecule has 0 radical (unpaired) electrons. The average molecular weight is 514 g/mol. The predicted octanol–water partition coefficient (Wildman–Crippen LogP) is 11.8. The fourth-order valence-corrected chi connectivity index (χ4v) is 5.45. The van der Waals surface area contributed by atoms with Crippen LogP contribution >= 0.6 is 11.8 Å².